The molecule has 11 heteroatoms. The maximum Gasteiger partial charge on any atom is 0.303 e. The first-order valence-electron chi connectivity index (χ1n) is 15.5. The van der Waals surface area contributed by atoms with Crippen LogP contribution in [0.4, 0.5) is 10.6 Å². The van der Waals surface area contributed by atoms with Crippen LogP contribution in [-0.2, 0) is 22.6 Å². The van der Waals surface area contributed by atoms with E-state index in [-0.39, 0.29) is 35.0 Å². The van der Waals surface area contributed by atoms with Gasteiger partial charge in [0.05, 0.1) is 18.2 Å². The second-order valence-electron chi connectivity index (χ2n) is 11.2. The minimum Gasteiger partial charge on any atom is -0.492 e. The molecule has 1 aliphatic rings. The lowest BCUT2D eigenvalue weighted by Gasteiger charge is -2.18. The number of hydrogen-bond acceptors (Lipinski definition) is 9. The number of aliphatic carboxylic acids is 1. The van der Waals surface area contributed by atoms with Gasteiger partial charge in [-0.2, -0.15) is 0 Å². The zero-order valence-electron chi connectivity index (χ0n) is 27.2. The fourth-order valence-electron chi connectivity index (χ4n) is 4.81. The molecular formula is C37H39N3O7S. The highest BCUT2D eigenvalue weighted by atomic mass is 32.2. The van der Waals surface area contributed by atoms with Gasteiger partial charge in [0.2, 0.25) is 5.91 Å². The molecule has 1 aliphatic heterocycles. The van der Waals surface area contributed by atoms with Crippen molar-refractivity contribution in [2.45, 2.75) is 45.0 Å². The topological polar surface area (TPSA) is 135 Å². The number of carboxylic acid groups (broad SMARTS) is 1. The lowest BCUT2D eigenvalue weighted by molar-refractivity contribution is -0.137. The minimum atomic E-state index is -0.971. The van der Waals surface area contributed by atoms with Gasteiger partial charge in [-0.25, -0.2) is 4.98 Å². The molecule has 5 rings (SSSR count). The van der Waals surface area contributed by atoms with Gasteiger partial charge < -0.3 is 19.5 Å². The Morgan fingerprint density at radius 1 is 0.896 bits per heavy atom. The molecule has 2 N–H and O–H groups in total. The first-order valence-corrected chi connectivity index (χ1v) is 16.4. The number of nitrogens with zero attached hydrogens (tertiary/aromatic N) is 2. The van der Waals surface area contributed by atoms with Crippen molar-refractivity contribution in [1.29, 1.82) is 0 Å². The normalized spacial score (nSPS) is 13.6. The SMILES string of the molecule is CN(CCOc1ccc(CC2SC(=O)NC2=O)cc1)c1ccccn1.Cc1cccc(C)c1COc1cccc(C(=O)CCC(=O)O)c1. The Morgan fingerprint density at radius 2 is 1.62 bits per heavy atom. The van der Waals surface area contributed by atoms with Crippen molar-refractivity contribution in [3.63, 3.8) is 0 Å². The number of amides is 2. The van der Waals surface area contributed by atoms with Crippen molar-refractivity contribution < 1.29 is 33.8 Å². The summed E-state index contributed by atoms with van der Waals surface area (Å²) in [6, 6.07) is 26.4. The van der Waals surface area contributed by atoms with Crippen LogP contribution in [0, 0.1) is 13.8 Å². The van der Waals surface area contributed by atoms with Crippen molar-refractivity contribution in [3.8, 4) is 11.5 Å². The van der Waals surface area contributed by atoms with Gasteiger partial charge in [-0.3, -0.25) is 24.5 Å². The molecule has 250 valence electrons. The summed E-state index contributed by atoms with van der Waals surface area (Å²) in [5, 5.41) is 10.3. The van der Waals surface area contributed by atoms with Gasteiger partial charge in [-0.1, -0.05) is 60.3 Å². The van der Waals surface area contributed by atoms with Crippen LogP contribution in [0.2, 0.25) is 0 Å². The standard InChI is InChI=1S/C19H20O4.C18H19N3O3S/c1-13-5-3-6-14(2)17(13)12-23-16-8-4-7-15(11-16)18(20)9-10-19(21)22;1-21(16-4-2-3-9-19-16)10-11-24-14-7-5-13(6-8-14)12-15-17(22)20-18(23)25-15/h3-8,11H,9-10,12H2,1-2H3,(H,21,22);2-9,15H,10-12H2,1H3,(H,20,22,23). The summed E-state index contributed by atoms with van der Waals surface area (Å²) in [6.07, 6.45) is 2.13. The number of ketones is 1. The van der Waals surface area contributed by atoms with Gasteiger partial charge in [-0.15, -0.1) is 0 Å². The Bertz CT molecular complexity index is 1690. The van der Waals surface area contributed by atoms with E-state index in [9.17, 15) is 19.2 Å². The third kappa shape index (κ3) is 11.0. The average Bonchev–Trinajstić information content (AvgIpc) is 3.40. The predicted octanol–water partition coefficient (Wildman–Crippen LogP) is 6.42. The number of carboxylic acids is 1. The molecule has 0 bridgehead atoms. The van der Waals surface area contributed by atoms with Gasteiger partial charge in [0.25, 0.3) is 5.24 Å². The summed E-state index contributed by atoms with van der Waals surface area (Å²) in [7, 11) is 1.97. The number of benzene rings is 3. The van der Waals surface area contributed by atoms with Crippen molar-refractivity contribution in [1.82, 2.24) is 10.3 Å². The Balaban J connectivity index is 0.000000218. The molecule has 0 radical (unpaired) electrons. The van der Waals surface area contributed by atoms with Crippen LogP contribution in [0.1, 0.15) is 45.5 Å². The molecule has 10 nitrogen and oxygen atoms in total. The quantitative estimate of drug-likeness (QED) is 0.145. The van der Waals surface area contributed by atoms with E-state index in [1.165, 1.54) is 11.1 Å². The van der Waals surface area contributed by atoms with E-state index in [1.807, 2.05) is 86.5 Å². The van der Waals surface area contributed by atoms with E-state index >= 15 is 0 Å². The number of Topliss-reactive ketones (excluding diaryl/α,β-unsaturated/α-hetero) is 1. The zero-order valence-corrected chi connectivity index (χ0v) is 28.0. The van der Waals surface area contributed by atoms with E-state index in [2.05, 4.69) is 10.3 Å². The number of ether oxygens (including phenoxy) is 2. The molecule has 0 aliphatic carbocycles. The average molecular weight is 670 g/mol. The first kappa shape index (κ1) is 35.7. The van der Waals surface area contributed by atoms with Gasteiger partial charge >= 0.3 is 5.97 Å². The second kappa shape index (κ2) is 17.7. The molecule has 1 atom stereocenters. The van der Waals surface area contributed by atoms with Gasteiger partial charge in [-0.05, 0) is 78.9 Å². The van der Waals surface area contributed by atoms with E-state index in [0.29, 0.717) is 30.9 Å². The molecule has 0 spiro atoms. The molecule has 3 aromatic carbocycles. The first-order chi connectivity index (χ1) is 23.1. The Hall–Kier alpha value is -5.16. The third-order valence-corrected chi connectivity index (χ3v) is 8.58. The predicted molar refractivity (Wildman–Crippen MR) is 186 cm³/mol. The summed E-state index contributed by atoms with van der Waals surface area (Å²) < 4.78 is 11.6. The lowest BCUT2D eigenvalue weighted by atomic mass is 10.0. The number of nitrogens with one attached hydrogen (secondary N) is 1. The second-order valence-corrected chi connectivity index (χ2v) is 12.4. The highest BCUT2D eigenvalue weighted by Gasteiger charge is 2.31. The number of hydrogen-bond donors (Lipinski definition) is 2. The van der Waals surface area contributed by atoms with Crippen molar-refractivity contribution >= 4 is 40.5 Å². The fraction of sp³-hybridized carbons (Fsp3) is 0.270. The molecule has 1 fully saturated rings. The number of aromatic nitrogens is 1. The monoisotopic (exact) mass is 669 g/mol. The molecule has 48 heavy (non-hydrogen) atoms. The Kier molecular flexibility index (Phi) is 13.1. The zero-order chi connectivity index (χ0) is 34.5. The van der Waals surface area contributed by atoms with Crippen molar-refractivity contribution in [2.24, 2.45) is 0 Å². The molecule has 1 saturated heterocycles. The highest BCUT2D eigenvalue weighted by molar-refractivity contribution is 8.15. The number of likely N-dealkylation sites (N-methyl/N-ethyl adjacent to an activating group) is 1. The molecular weight excluding hydrogens is 630 g/mol. The molecule has 0 saturated carbocycles. The minimum absolute atomic E-state index is 0.00428. The van der Waals surface area contributed by atoms with E-state index in [1.54, 1.807) is 30.5 Å². The molecule has 4 aromatic rings. The van der Waals surface area contributed by atoms with Crippen LogP contribution in [0.3, 0.4) is 0 Å². The number of carbonyl (C=O) groups excluding carboxylic acids is 3. The number of thioether (sulfide) groups is 1. The van der Waals surface area contributed by atoms with Crippen LogP contribution in [0.5, 0.6) is 11.5 Å². The smallest absolute Gasteiger partial charge is 0.303 e. The van der Waals surface area contributed by atoms with Crippen LogP contribution in [0.25, 0.3) is 0 Å². The fourth-order valence-corrected chi connectivity index (χ4v) is 5.67. The van der Waals surface area contributed by atoms with Crippen molar-refractivity contribution in [2.75, 3.05) is 25.1 Å². The summed E-state index contributed by atoms with van der Waals surface area (Å²) in [4.78, 5) is 51.6. The van der Waals surface area contributed by atoms with Gasteiger partial charge in [0.15, 0.2) is 5.78 Å². The maximum absolute atomic E-state index is 12.0. The molecule has 1 unspecified atom stereocenters. The molecule has 1 aromatic heterocycles. The maximum atomic E-state index is 12.0. The highest BCUT2D eigenvalue weighted by Crippen LogP contribution is 2.24. The number of rotatable bonds is 14. The largest absolute Gasteiger partial charge is 0.492 e. The number of aryl methyl sites for hydroxylation is 2. The van der Waals surface area contributed by atoms with E-state index in [0.717, 1.165) is 41.0 Å². The number of pyridine rings is 1. The van der Waals surface area contributed by atoms with Gasteiger partial charge in [0, 0.05) is 25.2 Å². The van der Waals surface area contributed by atoms with Crippen LogP contribution < -0.4 is 19.7 Å². The third-order valence-electron chi connectivity index (χ3n) is 7.60. The van der Waals surface area contributed by atoms with Crippen LogP contribution >= 0.6 is 11.8 Å². The number of imide groups is 1. The van der Waals surface area contributed by atoms with Crippen molar-refractivity contribution in [3.05, 3.63) is 119 Å². The number of anilines is 1. The van der Waals surface area contributed by atoms with Crippen LogP contribution in [0.15, 0.2) is 91.1 Å². The van der Waals surface area contributed by atoms with Gasteiger partial charge in [0.1, 0.15) is 30.5 Å². The summed E-state index contributed by atoms with van der Waals surface area (Å²) in [5.41, 5.74) is 4.94. The Labute approximate surface area is 284 Å². The van der Waals surface area contributed by atoms with E-state index in [4.69, 9.17) is 14.6 Å². The van der Waals surface area contributed by atoms with E-state index < -0.39 is 5.97 Å². The Morgan fingerprint density at radius 3 is 2.27 bits per heavy atom. The molecule has 2 heterocycles. The lowest BCUT2D eigenvalue weighted by Crippen LogP contribution is -2.25. The summed E-state index contributed by atoms with van der Waals surface area (Å²) >= 11 is 1.05. The summed E-state index contributed by atoms with van der Waals surface area (Å²) in [5.74, 6) is 0.911. The van der Waals surface area contributed by atoms with Crippen LogP contribution in [-0.4, -0.2) is 58.4 Å². The molecule has 2 amide bonds. The number of carbonyl (C=O) groups is 4. The summed E-state index contributed by atoms with van der Waals surface area (Å²) in [6.45, 7) is 5.78.